The van der Waals surface area contributed by atoms with E-state index in [4.69, 9.17) is 0 Å². The van der Waals surface area contributed by atoms with Crippen LogP contribution in [-0.2, 0) is 0 Å². The first-order valence-electron chi connectivity index (χ1n) is 30.0. The Balaban J connectivity index is 1.07. The maximum Gasteiger partial charge on any atom is 0.0540 e. The molecule has 0 aliphatic heterocycles. The molecule has 0 unspecified atom stereocenters. The summed E-state index contributed by atoms with van der Waals surface area (Å²) in [4.78, 5) is 9.76. The predicted molar refractivity (Wildman–Crippen MR) is 367 cm³/mol. The fourth-order valence-corrected chi connectivity index (χ4v) is 13.3. The molecule has 0 saturated heterocycles. The third-order valence-electron chi connectivity index (χ3n) is 17.1. The smallest absolute Gasteiger partial charge is 0.0540 e. The van der Waals surface area contributed by atoms with E-state index >= 15 is 0 Å². The Hall–Kier alpha value is -10.9. The van der Waals surface area contributed by atoms with Crippen molar-refractivity contribution >= 4 is 100.0 Å². The molecular weight excluding hydrogens is 1040 g/mol. The summed E-state index contributed by atoms with van der Waals surface area (Å²) in [6.45, 7) is 0. The zero-order valence-electron chi connectivity index (χ0n) is 47.8. The van der Waals surface area contributed by atoms with Crippen LogP contribution in [0.25, 0.3) is 65.3 Å². The molecule has 0 N–H and O–H groups in total. The third kappa shape index (κ3) is 9.57. The van der Waals surface area contributed by atoms with Gasteiger partial charge in [0.25, 0.3) is 0 Å². The molecule has 4 heteroatoms. The number of hydrogen-bond donors (Lipinski definition) is 0. The van der Waals surface area contributed by atoms with Crippen molar-refractivity contribution in [1.29, 1.82) is 0 Å². The van der Waals surface area contributed by atoms with Gasteiger partial charge in [-0.05, 0) is 202 Å². The number of benzene rings is 13. The van der Waals surface area contributed by atoms with Gasteiger partial charge in [0.1, 0.15) is 0 Å². The molecule has 0 saturated carbocycles. The van der Waals surface area contributed by atoms with Gasteiger partial charge in [0.2, 0.25) is 0 Å². The van der Waals surface area contributed by atoms with Gasteiger partial charge < -0.3 is 19.6 Å². The zero-order valence-corrected chi connectivity index (χ0v) is 47.8. The molecule has 410 valence electrons. The van der Waals surface area contributed by atoms with E-state index in [9.17, 15) is 0 Å². The minimum absolute atomic E-state index is 0.929. The molecule has 0 heterocycles. The second-order valence-electron chi connectivity index (χ2n) is 22.2. The maximum atomic E-state index is 2.50. The minimum Gasteiger partial charge on any atom is -0.314 e. The highest BCUT2D eigenvalue weighted by molar-refractivity contribution is 6.27. The second kappa shape index (κ2) is 23.0. The van der Waals surface area contributed by atoms with Crippen LogP contribution >= 0.6 is 0 Å². The lowest BCUT2D eigenvalue weighted by Gasteiger charge is -2.31. The van der Waals surface area contributed by atoms with Crippen LogP contribution in [0.4, 0.5) is 56.9 Å². The lowest BCUT2D eigenvalue weighted by atomic mass is 9.82. The number of para-hydroxylation sites is 6. The normalized spacial score (nSPS) is 13.0. The molecule has 2 aliphatic carbocycles. The van der Waals surface area contributed by atoms with Crippen LogP contribution in [-0.4, -0.2) is 0 Å². The summed E-state index contributed by atoms with van der Waals surface area (Å²) < 4.78 is 0. The molecule has 0 fully saturated rings. The first-order chi connectivity index (χ1) is 42.7. The van der Waals surface area contributed by atoms with Crippen molar-refractivity contribution in [3.05, 3.63) is 339 Å². The number of fused-ring (bicyclic) bond motifs is 4. The van der Waals surface area contributed by atoms with Crippen molar-refractivity contribution in [2.24, 2.45) is 0 Å². The molecule has 0 amide bonds. The molecule has 0 atom stereocenters. The quantitative estimate of drug-likeness (QED) is 0.101. The highest BCUT2D eigenvalue weighted by Gasteiger charge is 2.27. The van der Waals surface area contributed by atoms with Gasteiger partial charge in [-0.2, -0.15) is 0 Å². The summed E-state index contributed by atoms with van der Waals surface area (Å²) in [6, 6.07) is 107. The molecule has 15 rings (SSSR count). The van der Waals surface area contributed by atoms with E-state index in [2.05, 4.69) is 347 Å². The number of allylic oxidation sites excluding steroid dienone is 8. The van der Waals surface area contributed by atoms with Crippen molar-refractivity contribution in [3.8, 4) is 22.3 Å². The average molecular weight is 1100 g/mol. The molecular formula is C82H62N4. The monoisotopic (exact) mass is 1100 g/mol. The largest absolute Gasteiger partial charge is 0.314 e. The molecule has 13 aromatic carbocycles. The number of rotatable bonds is 14. The Morgan fingerprint density at radius 2 is 0.547 bits per heavy atom. The molecule has 86 heavy (non-hydrogen) atoms. The predicted octanol–water partition coefficient (Wildman–Crippen LogP) is 23.3. The molecule has 0 radical (unpaired) electrons. The van der Waals surface area contributed by atoms with Crippen molar-refractivity contribution in [1.82, 2.24) is 0 Å². The summed E-state index contributed by atoms with van der Waals surface area (Å²) in [5.74, 6) is 0. The van der Waals surface area contributed by atoms with E-state index < -0.39 is 0 Å². The van der Waals surface area contributed by atoms with Gasteiger partial charge in [0, 0.05) is 67.7 Å². The first kappa shape index (κ1) is 51.9. The van der Waals surface area contributed by atoms with Crippen LogP contribution in [0.3, 0.4) is 0 Å². The lowest BCUT2D eigenvalue weighted by Crippen LogP contribution is -2.17. The van der Waals surface area contributed by atoms with Gasteiger partial charge in [-0.15, -0.1) is 0 Å². The van der Waals surface area contributed by atoms with Gasteiger partial charge in [-0.25, -0.2) is 0 Å². The maximum absolute atomic E-state index is 2.50. The topological polar surface area (TPSA) is 13.0 Å². The fourth-order valence-electron chi connectivity index (χ4n) is 13.3. The van der Waals surface area contributed by atoms with Crippen LogP contribution in [0, 0.1) is 0 Å². The summed E-state index contributed by atoms with van der Waals surface area (Å²) >= 11 is 0. The van der Waals surface area contributed by atoms with Crippen LogP contribution in [0.5, 0.6) is 0 Å². The Morgan fingerprint density at radius 1 is 0.221 bits per heavy atom. The highest BCUT2D eigenvalue weighted by atomic mass is 15.2. The lowest BCUT2D eigenvalue weighted by molar-refractivity contribution is 0.918. The third-order valence-corrected chi connectivity index (χ3v) is 17.1. The minimum atomic E-state index is 0.929. The molecule has 0 aromatic heterocycles. The van der Waals surface area contributed by atoms with E-state index in [0.29, 0.717) is 0 Å². The van der Waals surface area contributed by atoms with Gasteiger partial charge in [-0.1, -0.05) is 206 Å². The summed E-state index contributed by atoms with van der Waals surface area (Å²) in [6.07, 6.45) is 17.4. The molecule has 0 bridgehead atoms. The second-order valence-corrected chi connectivity index (χ2v) is 22.2. The summed E-state index contributed by atoms with van der Waals surface area (Å²) in [5.41, 5.74) is 18.3. The molecule has 13 aromatic rings. The van der Waals surface area contributed by atoms with E-state index in [1.54, 1.807) is 0 Å². The van der Waals surface area contributed by atoms with Crippen LogP contribution < -0.4 is 19.6 Å². The van der Waals surface area contributed by atoms with Crippen LogP contribution in [0.15, 0.2) is 339 Å². The van der Waals surface area contributed by atoms with E-state index in [1.165, 1.54) is 60.4 Å². The molecule has 4 nitrogen and oxygen atoms in total. The Labute approximate surface area is 503 Å². The zero-order chi connectivity index (χ0) is 57.2. The Kier molecular flexibility index (Phi) is 13.9. The number of hydrogen-bond acceptors (Lipinski definition) is 4. The van der Waals surface area contributed by atoms with Gasteiger partial charge in [-0.3, -0.25) is 0 Å². The Morgan fingerprint density at radius 3 is 0.942 bits per heavy atom. The average Bonchev–Trinajstić information content (AvgIpc) is 0.905. The Bertz CT molecular complexity index is 4670. The van der Waals surface area contributed by atoms with Gasteiger partial charge in [0.15, 0.2) is 0 Å². The van der Waals surface area contributed by atoms with E-state index in [0.717, 1.165) is 98.9 Å². The van der Waals surface area contributed by atoms with Crippen molar-refractivity contribution in [3.63, 3.8) is 0 Å². The first-order valence-corrected chi connectivity index (χ1v) is 30.0. The van der Waals surface area contributed by atoms with Crippen LogP contribution in [0.2, 0.25) is 0 Å². The SMILES string of the molecule is C1=CCCC(N(c2ccccc2)c2ccc3c(-c4ccc(N(c5ccccc5)c5ccccc5)c5ccccc45)c4cc(N(c5ccccc5)c5ccccc5)ccc4c(-c4ccc(N(C5=CC=CCC5)c5ccccc5)c5ccccc45)c3c2)=C1. The van der Waals surface area contributed by atoms with E-state index in [-0.39, 0.29) is 0 Å². The van der Waals surface area contributed by atoms with Crippen LogP contribution in [0.1, 0.15) is 25.7 Å². The number of nitrogens with zero attached hydrogens (tertiary/aromatic N) is 4. The molecule has 2 aliphatic rings. The van der Waals surface area contributed by atoms with Crippen molar-refractivity contribution in [2.75, 3.05) is 19.6 Å². The molecule has 0 spiro atoms. The standard InChI is InChI=1S/C82H62N4/c1-9-29-59(30-10-1)83(60-31-11-2-12-32-60)67-49-51-75-77(57-67)81(73-53-55-79(71-47-27-25-45-69(71)73)85(63-37-17-5-18-38-63)64-39-19-6-20-40-64)76-52-50-68(84(61-33-13-3-14-34-61)62-35-15-4-16-36-62)58-78(76)82(75)74-54-56-80(72-48-28-26-46-70(72)74)86(65-41-21-7-22-42-65)66-43-23-8-24-44-66/h1-15,17-23,25-35,37-43,45-58H,16,24,36,44H2. The highest BCUT2D eigenvalue weighted by Crippen LogP contribution is 2.53. The summed E-state index contributed by atoms with van der Waals surface area (Å²) in [5, 5.41) is 9.38. The van der Waals surface area contributed by atoms with Crippen molar-refractivity contribution < 1.29 is 0 Å². The van der Waals surface area contributed by atoms with Gasteiger partial charge >= 0.3 is 0 Å². The van der Waals surface area contributed by atoms with Gasteiger partial charge in [0.05, 0.1) is 11.4 Å². The van der Waals surface area contributed by atoms with Crippen molar-refractivity contribution in [2.45, 2.75) is 25.7 Å². The number of anilines is 10. The fraction of sp³-hybridized carbons (Fsp3) is 0.0488. The van der Waals surface area contributed by atoms with E-state index in [1.807, 2.05) is 0 Å². The summed E-state index contributed by atoms with van der Waals surface area (Å²) in [7, 11) is 0.